The van der Waals surface area contributed by atoms with Gasteiger partial charge in [-0.25, -0.2) is 4.98 Å². The second-order valence-corrected chi connectivity index (χ2v) is 4.92. The van der Waals surface area contributed by atoms with Gasteiger partial charge in [-0.15, -0.1) is 24.8 Å². The number of aryl methyl sites for hydroxylation is 1. The van der Waals surface area contributed by atoms with Gasteiger partial charge in [-0.05, 0) is 31.4 Å². The average molecular weight is 304 g/mol. The molecule has 1 aliphatic heterocycles. The van der Waals surface area contributed by atoms with Crippen molar-refractivity contribution >= 4 is 41.2 Å². The van der Waals surface area contributed by atoms with E-state index >= 15 is 0 Å². The molecule has 1 N–H and O–H groups in total. The molecule has 0 spiro atoms. The van der Waals surface area contributed by atoms with Crippen molar-refractivity contribution in [3.63, 3.8) is 0 Å². The Labute approximate surface area is 123 Å². The molecule has 6 heteroatoms. The Morgan fingerprint density at radius 1 is 1.22 bits per heavy atom. The molecule has 18 heavy (non-hydrogen) atoms. The van der Waals surface area contributed by atoms with Crippen LogP contribution in [0.1, 0.15) is 18.5 Å². The summed E-state index contributed by atoms with van der Waals surface area (Å²) in [7, 11) is 0. The van der Waals surface area contributed by atoms with Crippen LogP contribution in [0.15, 0.2) is 24.5 Å². The number of rotatable bonds is 1. The molecule has 2 aromatic heterocycles. The van der Waals surface area contributed by atoms with Crippen LogP contribution in [0.3, 0.4) is 0 Å². The van der Waals surface area contributed by atoms with Crippen molar-refractivity contribution in [2.75, 3.05) is 11.9 Å². The monoisotopic (exact) mass is 303 g/mol. The van der Waals surface area contributed by atoms with Gasteiger partial charge in [0.15, 0.2) is 0 Å². The third-order valence-electron chi connectivity index (χ3n) is 2.73. The van der Waals surface area contributed by atoms with Crippen LogP contribution in [0.4, 0.5) is 5.00 Å². The lowest BCUT2D eigenvalue weighted by molar-refractivity contribution is 0.775. The van der Waals surface area contributed by atoms with Crippen LogP contribution >= 0.6 is 36.2 Å². The predicted molar refractivity (Wildman–Crippen MR) is 81.3 cm³/mol. The van der Waals surface area contributed by atoms with Gasteiger partial charge in [-0.3, -0.25) is 4.98 Å². The van der Waals surface area contributed by atoms with Crippen molar-refractivity contribution in [3.8, 4) is 10.6 Å². The topological polar surface area (TPSA) is 37.8 Å². The number of nitrogens with one attached hydrogen (secondary N) is 1. The minimum absolute atomic E-state index is 0. The first-order valence-electron chi connectivity index (χ1n) is 5.57. The molecule has 0 saturated carbocycles. The van der Waals surface area contributed by atoms with E-state index < -0.39 is 0 Å². The highest BCUT2D eigenvalue weighted by molar-refractivity contribution is 7.19. The van der Waals surface area contributed by atoms with Crippen molar-refractivity contribution in [2.45, 2.75) is 19.3 Å². The summed E-state index contributed by atoms with van der Waals surface area (Å²) in [6, 6.07) is 4.01. The SMILES string of the molecule is Cl.Cl.c1cncc(-c2nc3c(s2)NCCCC3)c1. The van der Waals surface area contributed by atoms with Gasteiger partial charge in [-0.2, -0.15) is 0 Å². The predicted octanol–water partition coefficient (Wildman–Crippen LogP) is 3.80. The summed E-state index contributed by atoms with van der Waals surface area (Å²) in [5.74, 6) is 0. The molecule has 1 aliphatic rings. The van der Waals surface area contributed by atoms with Crippen molar-refractivity contribution in [3.05, 3.63) is 30.2 Å². The molecule has 3 heterocycles. The normalized spacial score (nSPS) is 13.3. The lowest BCUT2D eigenvalue weighted by Gasteiger charge is -1.97. The highest BCUT2D eigenvalue weighted by Gasteiger charge is 2.14. The Bertz CT molecular complexity index is 464. The largest absolute Gasteiger partial charge is 0.375 e. The smallest absolute Gasteiger partial charge is 0.127 e. The zero-order valence-electron chi connectivity index (χ0n) is 9.76. The van der Waals surface area contributed by atoms with Gasteiger partial charge in [0.05, 0.1) is 5.69 Å². The fourth-order valence-corrected chi connectivity index (χ4v) is 2.92. The van der Waals surface area contributed by atoms with Crippen LogP contribution in [-0.2, 0) is 6.42 Å². The summed E-state index contributed by atoms with van der Waals surface area (Å²) in [5.41, 5.74) is 2.34. The number of pyridine rings is 1. The molecular weight excluding hydrogens is 289 g/mol. The molecular formula is C12H15Cl2N3S. The molecule has 0 fully saturated rings. The number of anilines is 1. The average Bonchev–Trinajstić information content (AvgIpc) is 2.62. The number of nitrogens with zero attached hydrogens (tertiary/aromatic N) is 2. The summed E-state index contributed by atoms with van der Waals surface area (Å²) >= 11 is 1.74. The first-order valence-corrected chi connectivity index (χ1v) is 6.39. The van der Waals surface area contributed by atoms with E-state index in [-0.39, 0.29) is 24.8 Å². The fraction of sp³-hybridized carbons (Fsp3) is 0.333. The minimum Gasteiger partial charge on any atom is -0.375 e. The molecule has 0 radical (unpaired) electrons. The second kappa shape index (κ2) is 6.92. The minimum atomic E-state index is 0. The Kier molecular flexibility index (Phi) is 5.85. The van der Waals surface area contributed by atoms with E-state index in [0.29, 0.717) is 0 Å². The molecule has 98 valence electrons. The maximum Gasteiger partial charge on any atom is 0.127 e. The van der Waals surface area contributed by atoms with Crippen molar-refractivity contribution in [1.82, 2.24) is 9.97 Å². The van der Waals surface area contributed by atoms with E-state index in [4.69, 9.17) is 4.98 Å². The Morgan fingerprint density at radius 2 is 2.11 bits per heavy atom. The molecule has 3 rings (SSSR count). The van der Waals surface area contributed by atoms with E-state index in [1.807, 2.05) is 12.3 Å². The van der Waals surface area contributed by atoms with Gasteiger partial charge in [0, 0.05) is 24.5 Å². The van der Waals surface area contributed by atoms with Crippen molar-refractivity contribution in [2.24, 2.45) is 0 Å². The molecule has 0 bridgehead atoms. The number of aromatic nitrogens is 2. The molecule has 2 aromatic rings. The molecule has 0 unspecified atom stereocenters. The van der Waals surface area contributed by atoms with E-state index in [1.54, 1.807) is 17.5 Å². The molecule has 0 saturated heterocycles. The van der Waals surface area contributed by atoms with Gasteiger partial charge < -0.3 is 5.32 Å². The number of hydrogen-bond acceptors (Lipinski definition) is 4. The standard InChI is InChI=1S/C12H13N3S.2ClH/c1-2-7-14-12-10(5-1)15-11(16-12)9-4-3-6-13-8-9;;/h3-4,6,8,14H,1-2,5,7H2;2*1H. The van der Waals surface area contributed by atoms with Gasteiger partial charge in [0.2, 0.25) is 0 Å². The molecule has 0 amide bonds. The van der Waals surface area contributed by atoms with Gasteiger partial charge in [-0.1, -0.05) is 11.3 Å². The molecule has 0 aromatic carbocycles. The van der Waals surface area contributed by atoms with Crippen molar-refractivity contribution in [1.29, 1.82) is 0 Å². The zero-order chi connectivity index (χ0) is 10.8. The van der Waals surface area contributed by atoms with Crippen LogP contribution in [0.25, 0.3) is 10.6 Å². The maximum absolute atomic E-state index is 4.70. The number of fused-ring (bicyclic) bond motifs is 1. The molecule has 0 aliphatic carbocycles. The summed E-state index contributed by atoms with van der Waals surface area (Å²) < 4.78 is 0. The van der Waals surface area contributed by atoms with Crippen LogP contribution in [0.5, 0.6) is 0 Å². The van der Waals surface area contributed by atoms with Crippen LogP contribution in [-0.4, -0.2) is 16.5 Å². The third-order valence-corrected chi connectivity index (χ3v) is 3.84. The van der Waals surface area contributed by atoms with Crippen LogP contribution in [0, 0.1) is 0 Å². The zero-order valence-corrected chi connectivity index (χ0v) is 12.2. The van der Waals surface area contributed by atoms with E-state index in [0.717, 1.165) is 23.5 Å². The maximum atomic E-state index is 4.70. The first kappa shape index (κ1) is 15.2. The van der Waals surface area contributed by atoms with E-state index in [1.165, 1.54) is 23.5 Å². The number of hydrogen-bond donors (Lipinski definition) is 1. The quantitative estimate of drug-likeness (QED) is 0.871. The number of thiazole rings is 1. The summed E-state index contributed by atoms with van der Waals surface area (Å²) in [6.45, 7) is 1.07. The van der Waals surface area contributed by atoms with Gasteiger partial charge in [0.25, 0.3) is 0 Å². The Hall–Kier alpha value is -0.840. The molecule has 3 nitrogen and oxygen atoms in total. The molecule has 0 atom stereocenters. The van der Waals surface area contributed by atoms with Gasteiger partial charge in [0.1, 0.15) is 10.0 Å². The van der Waals surface area contributed by atoms with Crippen LogP contribution < -0.4 is 5.32 Å². The first-order chi connectivity index (χ1) is 7.93. The van der Waals surface area contributed by atoms with Crippen LogP contribution in [0.2, 0.25) is 0 Å². The van der Waals surface area contributed by atoms with Gasteiger partial charge >= 0.3 is 0 Å². The highest BCUT2D eigenvalue weighted by Crippen LogP contribution is 2.33. The fourth-order valence-electron chi connectivity index (χ4n) is 1.89. The summed E-state index contributed by atoms with van der Waals surface area (Å²) in [4.78, 5) is 8.83. The summed E-state index contributed by atoms with van der Waals surface area (Å²) in [6.07, 6.45) is 7.24. The Balaban J connectivity index is 0.000000810. The highest BCUT2D eigenvalue weighted by atomic mass is 35.5. The van der Waals surface area contributed by atoms with E-state index in [9.17, 15) is 0 Å². The number of halogens is 2. The Morgan fingerprint density at radius 3 is 2.89 bits per heavy atom. The van der Waals surface area contributed by atoms with Crippen molar-refractivity contribution < 1.29 is 0 Å². The lowest BCUT2D eigenvalue weighted by Crippen LogP contribution is -1.96. The van der Waals surface area contributed by atoms with E-state index in [2.05, 4.69) is 16.4 Å². The third kappa shape index (κ3) is 3.13. The lowest BCUT2D eigenvalue weighted by atomic mass is 10.2. The second-order valence-electron chi connectivity index (χ2n) is 3.92. The summed E-state index contributed by atoms with van der Waals surface area (Å²) in [5, 5.41) is 5.77.